The molecular formula is C20H23N3O6S. The molecule has 1 aliphatic carbocycles. The number of ether oxygens (including phenoxy) is 2. The van der Waals surface area contributed by atoms with E-state index in [1.165, 1.54) is 36.6 Å². The van der Waals surface area contributed by atoms with Crippen LogP contribution in [0, 0.1) is 16.0 Å². The number of anilines is 1. The van der Waals surface area contributed by atoms with Gasteiger partial charge in [-0.15, -0.1) is 11.3 Å². The Hall–Kier alpha value is -3.01. The molecule has 0 saturated carbocycles. The molecule has 0 saturated heterocycles. The van der Waals surface area contributed by atoms with Crippen LogP contribution in [0.1, 0.15) is 48.0 Å². The number of fused-ring (bicyclic) bond motifs is 1. The van der Waals surface area contributed by atoms with Crippen molar-refractivity contribution in [1.29, 1.82) is 0 Å². The van der Waals surface area contributed by atoms with E-state index < -0.39 is 28.7 Å². The van der Waals surface area contributed by atoms with Crippen LogP contribution in [0.25, 0.3) is 0 Å². The SMILES string of the molecule is CCOC(=O)c1c(NC(=O)C(C)Oc2cccnc2[N+](=O)[O-])sc2c1CCC(C)C2. The zero-order valence-electron chi connectivity index (χ0n) is 17.0. The third kappa shape index (κ3) is 4.59. The number of carbonyl (C=O) groups excluding carboxylic acids is 2. The zero-order chi connectivity index (χ0) is 21.8. The molecule has 9 nitrogen and oxygen atoms in total. The normalized spacial score (nSPS) is 16.3. The van der Waals surface area contributed by atoms with Crippen LogP contribution in [0.5, 0.6) is 5.75 Å². The largest absolute Gasteiger partial charge is 0.473 e. The van der Waals surface area contributed by atoms with Gasteiger partial charge in [0.05, 0.1) is 12.2 Å². The monoisotopic (exact) mass is 433 g/mol. The summed E-state index contributed by atoms with van der Waals surface area (Å²) in [5.74, 6) is -1.05. The highest BCUT2D eigenvalue weighted by Crippen LogP contribution is 2.40. The molecule has 1 aliphatic rings. The van der Waals surface area contributed by atoms with Gasteiger partial charge < -0.3 is 24.9 Å². The van der Waals surface area contributed by atoms with Crippen LogP contribution in [0.4, 0.5) is 10.8 Å². The lowest BCUT2D eigenvalue weighted by molar-refractivity contribution is -0.390. The van der Waals surface area contributed by atoms with Gasteiger partial charge in [0.15, 0.2) is 6.10 Å². The van der Waals surface area contributed by atoms with E-state index in [1.54, 1.807) is 6.92 Å². The van der Waals surface area contributed by atoms with Crippen LogP contribution in [0.15, 0.2) is 18.3 Å². The fraction of sp³-hybridized carbons (Fsp3) is 0.450. The summed E-state index contributed by atoms with van der Waals surface area (Å²) in [6.45, 7) is 5.60. The molecule has 2 aromatic rings. The number of rotatable bonds is 7. The van der Waals surface area contributed by atoms with Crippen molar-refractivity contribution in [2.75, 3.05) is 11.9 Å². The first-order valence-electron chi connectivity index (χ1n) is 9.70. The molecule has 1 N–H and O–H groups in total. The van der Waals surface area contributed by atoms with Gasteiger partial charge in [0, 0.05) is 4.88 Å². The molecular weight excluding hydrogens is 410 g/mol. The van der Waals surface area contributed by atoms with Gasteiger partial charge in [0.25, 0.3) is 5.91 Å². The minimum Gasteiger partial charge on any atom is -0.473 e. The van der Waals surface area contributed by atoms with Crippen molar-refractivity contribution >= 4 is 34.0 Å². The number of nitrogens with zero attached hydrogens (tertiary/aromatic N) is 2. The lowest BCUT2D eigenvalue weighted by Crippen LogP contribution is -2.30. The van der Waals surface area contributed by atoms with Crippen molar-refractivity contribution in [1.82, 2.24) is 4.98 Å². The van der Waals surface area contributed by atoms with Crippen molar-refractivity contribution in [3.8, 4) is 5.75 Å². The Balaban J connectivity index is 1.82. The number of thiophene rings is 1. The minimum atomic E-state index is -1.04. The summed E-state index contributed by atoms with van der Waals surface area (Å²) in [6.07, 6.45) is 2.80. The molecule has 10 heteroatoms. The number of nitro groups is 1. The van der Waals surface area contributed by atoms with Crippen LogP contribution in [0.3, 0.4) is 0 Å². The lowest BCUT2D eigenvalue weighted by Gasteiger charge is -2.18. The van der Waals surface area contributed by atoms with Crippen LogP contribution in [-0.2, 0) is 22.4 Å². The van der Waals surface area contributed by atoms with E-state index >= 15 is 0 Å². The number of nitrogens with one attached hydrogen (secondary N) is 1. The molecule has 2 unspecified atom stereocenters. The standard InChI is InChI=1S/C20H23N3O6S/c1-4-28-20(25)16-13-8-7-11(2)10-15(13)30-19(16)22-18(24)12(3)29-14-6-5-9-21-17(14)23(26)27/h5-6,9,11-12H,4,7-8,10H2,1-3H3,(H,22,24). The second kappa shape index (κ2) is 9.21. The lowest BCUT2D eigenvalue weighted by atomic mass is 9.88. The quantitative estimate of drug-likeness (QED) is 0.401. The van der Waals surface area contributed by atoms with Crippen molar-refractivity contribution in [2.45, 2.75) is 46.1 Å². The molecule has 160 valence electrons. The van der Waals surface area contributed by atoms with Crippen molar-refractivity contribution in [3.63, 3.8) is 0 Å². The van der Waals surface area contributed by atoms with E-state index in [1.807, 2.05) is 0 Å². The number of carbonyl (C=O) groups is 2. The summed E-state index contributed by atoms with van der Waals surface area (Å²) in [5.41, 5.74) is 1.33. The van der Waals surface area contributed by atoms with Crippen LogP contribution >= 0.6 is 11.3 Å². The van der Waals surface area contributed by atoms with Gasteiger partial charge in [0.1, 0.15) is 11.2 Å². The molecule has 2 atom stereocenters. The summed E-state index contributed by atoms with van der Waals surface area (Å²) >= 11 is 1.37. The third-order valence-electron chi connectivity index (χ3n) is 4.82. The van der Waals surface area contributed by atoms with Crippen molar-refractivity contribution in [2.24, 2.45) is 5.92 Å². The van der Waals surface area contributed by atoms with Gasteiger partial charge in [-0.2, -0.15) is 0 Å². The topological polar surface area (TPSA) is 121 Å². The van der Waals surface area contributed by atoms with Gasteiger partial charge in [0.2, 0.25) is 5.75 Å². The first kappa shape index (κ1) is 21.7. The highest BCUT2D eigenvalue weighted by molar-refractivity contribution is 7.17. The Morgan fingerprint density at radius 1 is 1.47 bits per heavy atom. The maximum atomic E-state index is 12.7. The van der Waals surface area contributed by atoms with E-state index in [0.29, 0.717) is 16.5 Å². The molecule has 30 heavy (non-hydrogen) atoms. The number of aromatic nitrogens is 1. The number of pyridine rings is 1. The van der Waals surface area contributed by atoms with Gasteiger partial charge in [-0.05, 0) is 66.6 Å². The maximum Gasteiger partial charge on any atom is 0.406 e. The van der Waals surface area contributed by atoms with Gasteiger partial charge >= 0.3 is 11.8 Å². The maximum absolute atomic E-state index is 12.7. The highest BCUT2D eigenvalue weighted by atomic mass is 32.1. The Morgan fingerprint density at radius 2 is 2.23 bits per heavy atom. The third-order valence-corrected chi connectivity index (χ3v) is 5.99. The molecule has 0 bridgehead atoms. The minimum absolute atomic E-state index is 0.102. The Labute approximate surface area is 177 Å². The summed E-state index contributed by atoms with van der Waals surface area (Å²) in [4.78, 5) is 40.5. The fourth-order valence-corrected chi connectivity index (χ4v) is 4.73. The fourth-order valence-electron chi connectivity index (χ4n) is 3.33. The number of amides is 1. The average Bonchev–Trinajstić information content (AvgIpc) is 3.05. The average molecular weight is 433 g/mol. The molecule has 0 aliphatic heterocycles. The summed E-state index contributed by atoms with van der Waals surface area (Å²) in [7, 11) is 0. The van der Waals surface area contributed by atoms with Crippen LogP contribution < -0.4 is 10.1 Å². The van der Waals surface area contributed by atoms with Crippen LogP contribution in [0.2, 0.25) is 0 Å². The second-order valence-electron chi connectivity index (χ2n) is 7.11. The van der Waals surface area contributed by atoms with E-state index in [-0.39, 0.29) is 12.4 Å². The number of esters is 1. The molecule has 0 fully saturated rings. The molecule has 0 radical (unpaired) electrons. The van der Waals surface area contributed by atoms with E-state index in [0.717, 1.165) is 29.7 Å². The Morgan fingerprint density at radius 3 is 2.93 bits per heavy atom. The predicted molar refractivity (Wildman–Crippen MR) is 111 cm³/mol. The molecule has 1 amide bonds. The van der Waals surface area contributed by atoms with Gasteiger partial charge in [-0.3, -0.25) is 4.79 Å². The van der Waals surface area contributed by atoms with E-state index in [4.69, 9.17) is 9.47 Å². The summed E-state index contributed by atoms with van der Waals surface area (Å²) < 4.78 is 10.7. The summed E-state index contributed by atoms with van der Waals surface area (Å²) in [6, 6.07) is 2.87. The Kier molecular flexibility index (Phi) is 6.66. The van der Waals surface area contributed by atoms with Crippen molar-refractivity contribution < 1.29 is 24.0 Å². The van der Waals surface area contributed by atoms with E-state index in [9.17, 15) is 19.7 Å². The molecule has 0 aromatic carbocycles. The van der Waals surface area contributed by atoms with Crippen molar-refractivity contribution in [3.05, 3.63) is 44.4 Å². The van der Waals surface area contributed by atoms with Crippen LogP contribution in [-0.4, -0.2) is 34.5 Å². The molecule has 2 heterocycles. The smallest absolute Gasteiger partial charge is 0.406 e. The zero-order valence-corrected chi connectivity index (χ0v) is 17.8. The number of hydrogen-bond donors (Lipinski definition) is 1. The second-order valence-corrected chi connectivity index (χ2v) is 8.21. The Bertz CT molecular complexity index is 973. The first-order chi connectivity index (χ1) is 14.3. The molecule has 2 aromatic heterocycles. The van der Waals surface area contributed by atoms with E-state index in [2.05, 4.69) is 17.2 Å². The number of hydrogen-bond acceptors (Lipinski definition) is 8. The molecule has 3 rings (SSSR count). The van der Waals surface area contributed by atoms with Gasteiger partial charge in [-0.1, -0.05) is 6.92 Å². The first-order valence-corrected chi connectivity index (χ1v) is 10.5. The molecule has 0 spiro atoms. The summed E-state index contributed by atoms with van der Waals surface area (Å²) in [5, 5.41) is 14.3. The highest BCUT2D eigenvalue weighted by Gasteiger charge is 2.30. The predicted octanol–water partition coefficient (Wildman–Crippen LogP) is 3.76. The van der Waals surface area contributed by atoms with Gasteiger partial charge in [-0.25, -0.2) is 4.79 Å².